The molecule has 0 bridgehead atoms. The lowest BCUT2D eigenvalue weighted by Gasteiger charge is -2.43. The highest BCUT2D eigenvalue weighted by molar-refractivity contribution is 5.75. The van der Waals surface area contributed by atoms with E-state index in [0.717, 1.165) is 25.7 Å². The van der Waals surface area contributed by atoms with Crippen molar-refractivity contribution in [2.75, 3.05) is 13.1 Å². The van der Waals surface area contributed by atoms with Crippen LogP contribution in [0.2, 0.25) is 0 Å². The molecule has 0 radical (unpaired) electrons. The predicted molar refractivity (Wildman–Crippen MR) is 105 cm³/mol. The number of hydrogen-bond acceptors (Lipinski definition) is 3. The molecule has 1 aromatic rings. The van der Waals surface area contributed by atoms with Crippen molar-refractivity contribution in [1.29, 1.82) is 0 Å². The number of hydrogen-bond donors (Lipinski definition) is 3. The van der Waals surface area contributed by atoms with E-state index in [1.54, 1.807) is 0 Å². The van der Waals surface area contributed by atoms with Crippen LogP contribution in [0.1, 0.15) is 57.2 Å². The maximum Gasteiger partial charge on any atom is 0.317 e. The number of likely N-dealkylation sites (N-methyl/N-ethyl adjacent to an activating group) is 1. The average molecular weight is 373 g/mol. The van der Waals surface area contributed by atoms with E-state index in [4.69, 9.17) is 5.11 Å². The van der Waals surface area contributed by atoms with Gasteiger partial charge in [0.25, 0.3) is 0 Å². The van der Waals surface area contributed by atoms with E-state index < -0.39 is 5.97 Å². The molecule has 0 aromatic heterocycles. The third kappa shape index (κ3) is 4.43. The summed E-state index contributed by atoms with van der Waals surface area (Å²) in [7, 11) is 0. The molecule has 1 unspecified atom stereocenters. The zero-order chi connectivity index (χ0) is 19.6. The largest absolute Gasteiger partial charge is 0.480 e. The molecule has 1 atom stereocenters. The zero-order valence-electron chi connectivity index (χ0n) is 16.5. The Morgan fingerprint density at radius 3 is 2.59 bits per heavy atom. The molecule has 2 aliphatic rings. The first kappa shape index (κ1) is 19.7. The minimum Gasteiger partial charge on any atom is -0.480 e. The number of aryl methyl sites for hydroxylation is 1. The van der Waals surface area contributed by atoms with Crippen molar-refractivity contribution in [3.8, 4) is 0 Å². The van der Waals surface area contributed by atoms with E-state index in [2.05, 4.69) is 42.7 Å². The quantitative estimate of drug-likeness (QED) is 0.716. The molecule has 1 aromatic carbocycles. The maximum atomic E-state index is 12.6. The second-order valence-electron chi connectivity index (χ2n) is 8.52. The standard InChI is InChI=1S/C21H31N3O3/c1-4-24(13-18(25)26)16-11-15(12-16)22-20(27)23-19-17-8-6-5-7-14(17)9-10-21(19,2)3/h5-8,15-16,19H,4,9-13H2,1-3H3,(H,25,26)(H2,22,23,27). The molecule has 6 heteroatoms. The highest BCUT2D eigenvalue weighted by atomic mass is 16.4. The van der Waals surface area contributed by atoms with Crippen LogP contribution in [0.15, 0.2) is 24.3 Å². The molecule has 27 heavy (non-hydrogen) atoms. The third-order valence-electron chi connectivity index (χ3n) is 6.17. The van der Waals surface area contributed by atoms with Crippen molar-refractivity contribution < 1.29 is 14.7 Å². The van der Waals surface area contributed by atoms with Crippen LogP contribution in [-0.2, 0) is 11.2 Å². The summed E-state index contributed by atoms with van der Waals surface area (Å²) in [6.45, 7) is 7.16. The Morgan fingerprint density at radius 1 is 1.22 bits per heavy atom. The van der Waals surface area contributed by atoms with Gasteiger partial charge in [0.05, 0.1) is 12.6 Å². The summed E-state index contributed by atoms with van der Waals surface area (Å²) in [5.74, 6) is -0.802. The molecule has 1 saturated carbocycles. The number of urea groups is 1. The van der Waals surface area contributed by atoms with Crippen LogP contribution in [-0.4, -0.2) is 47.2 Å². The van der Waals surface area contributed by atoms with E-state index in [1.165, 1.54) is 11.1 Å². The van der Waals surface area contributed by atoms with Crippen LogP contribution < -0.4 is 10.6 Å². The second kappa shape index (κ2) is 7.89. The molecule has 2 amide bonds. The van der Waals surface area contributed by atoms with E-state index in [-0.39, 0.29) is 36.1 Å². The topological polar surface area (TPSA) is 81.7 Å². The van der Waals surface area contributed by atoms with Gasteiger partial charge in [-0.15, -0.1) is 0 Å². The van der Waals surface area contributed by atoms with Crippen LogP contribution in [0.5, 0.6) is 0 Å². The lowest BCUT2D eigenvalue weighted by Crippen LogP contribution is -2.57. The van der Waals surface area contributed by atoms with Crippen LogP contribution in [0, 0.1) is 5.41 Å². The first-order valence-electron chi connectivity index (χ1n) is 9.91. The highest BCUT2D eigenvalue weighted by Gasteiger charge is 2.38. The van der Waals surface area contributed by atoms with Crippen molar-refractivity contribution in [1.82, 2.24) is 15.5 Å². The lowest BCUT2D eigenvalue weighted by atomic mass is 9.70. The number of carboxylic acid groups (broad SMARTS) is 1. The van der Waals surface area contributed by atoms with Gasteiger partial charge >= 0.3 is 12.0 Å². The SMILES string of the molecule is CCN(CC(=O)O)C1CC(NC(=O)NC2c3ccccc3CCC2(C)C)C1. The molecule has 6 nitrogen and oxygen atoms in total. The molecular formula is C21H31N3O3. The monoisotopic (exact) mass is 373 g/mol. The lowest BCUT2D eigenvalue weighted by molar-refractivity contribution is -0.139. The molecule has 0 saturated heterocycles. The first-order valence-corrected chi connectivity index (χ1v) is 9.91. The number of carboxylic acids is 1. The molecular weight excluding hydrogens is 342 g/mol. The Morgan fingerprint density at radius 2 is 1.93 bits per heavy atom. The van der Waals surface area contributed by atoms with Crippen LogP contribution in [0.4, 0.5) is 4.79 Å². The summed E-state index contributed by atoms with van der Waals surface area (Å²) < 4.78 is 0. The number of amides is 2. The molecule has 3 N–H and O–H groups in total. The van der Waals surface area contributed by atoms with E-state index in [1.807, 2.05) is 17.9 Å². The van der Waals surface area contributed by atoms with Crippen molar-refractivity contribution in [3.63, 3.8) is 0 Å². The molecule has 148 valence electrons. The van der Waals surface area contributed by atoms with Crippen LogP contribution in [0.3, 0.4) is 0 Å². The van der Waals surface area contributed by atoms with Gasteiger partial charge in [-0.1, -0.05) is 45.0 Å². The number of rotatable bonds is 6. The Balaban J connectivity index is 1.55. The van der Waals surface area contributed by atoms with Gasteiger partial charge in [0.15, 0.2) is 0 Å². The highest BCUT2D eigenvalue weighted by Crippen LogP contribution is 2.43. The Labute approximate surface area is 161 Å². The zero-order valence-corrected chi connectivity index (χ0v) is 16.5. The van der Waals surface area contributed by atoms with Crippen LogP contribution in [0.25, 0.3) is 0 Å². The summed E-state index contributed by atoms with van der Waals surface area (Å²) >= 11 is 0. The fourth-order valence-electron chi connectivity index (χ4n) is 4.37. The molecule has 0 spiro atoms. The average Bonchev–Trinajstić information content (AvgIpc) is 2.58. The van der Waals surface area contributed by atoms with E-state index in [0.29, 0.717) is 6.54 Å². The van der Waals surface area contributed by atoms with Gasteiger partial charge in [0.2, 0.25) is 0 Å². The van der Waals surface area contributed by atoms with Gasteiger partial charge in [-0.2, -0.15) is 0 Å². The number of carbonyl (C=O) groups excluding carboxylic acids is 1. The molecule has 2 aliphatic carbocycles. The number of fused-ring (bicyclic) bond motifs is 1. The molecule has 0 aliphatic heterocycles. The van der Waals surface area contributed by atoms with Crippen LogP contribution >= 0.6 is 0 Å². The summed E-state index contributed by atoms with van der Waals surface area (Å²) in [6, 6.07) is 8.57. The van der Waals surface area contributed by atoms with Gasteiger partial charge in [-0.05, 0) is 48.8 Å². The smallest absolute Gasteiger partial charge is 0.317 e. The van der Waals surface area contributed by atoms with Crippen molar-refractivity contribution in [2.45, 2.75) is 64.6 Å². The van der Waals surface area contributed by atoms with Crippen molar-refractivity contribution in [2.24, 2.45) is 5.41 Å². The fourth-order valence-corrected chi connectivity index (χ4v) is 4.37. The van der Waals surface area contributed by atoms with Gasteiger partial charge in [0.1, 0.15) is 0 Å². The predicted octanol–water partition coefficient (Wildman–Crippen LogP) is 2.94. The Kier molecular flexibility index (Phi) is 5.75. The fraction of sp³-hybridized carbons (Fsp3) is 0.619. The minimum absolute atomic E-state index is 0.00234. The molecule has 3 rings (SSSR count). The molecule has 0 heterocycles. The first-order chi connectivity index (χ1) is 12.8. The summed E-state index contributed by atoms with van der Waals surface area (Å²) in [4.78, 5) is 25.5. The molecule has 1 fully saturated rings. The summed E-state index contributed by atoms with van der Waals surface area (Å²) in [5, 5.41) is 15.3. The Bertz CT molecular complexity index is 698. The minimum atomic E-state index is -0.802. The van der Waals surface area contributed by atoms with Gasteiger partial charge < -0.3 is 15.7 Å². The summed E-state index contributed by atoms with van der Waals surface area (Å²) in [6.07, 6.45) is 3.70. The Hall–Kier alpha value is -2.08. The van der Waals surface area contributed by atoms with Gasteiger partial charge in [0, 0.05) is 12.1 Å². The summed E-state index contributed by atoms with van der Waals surface area (Å²) in [5.41, 5.74) is 2.54. The van der Waals surface area contributed by atoms with Gasteiger partial charge in [-0.25, -0.2) is 4.79 Å². The van der Waals surface area contributed by atoms with E-state index >= 15 is 0 Å². The number of aliphatic carboxylic acids is 1. The normalized spacial score (nSPS) is 26.0. The number of carbonyl (C=O) groups is 2. The number of benzene rings is 1. The van der Waals surface area contributed by atoms with Gasteiger partial charge in [-0.3, -0.25) is 9.69 Å². The van der Waals surface area contributed by atoms with Crippen molar-refractivity contribution >= 4 is 12.0 Å². The third-order valence-corrected chi connectivity index (χ3v) is 6.17. The van der Waals surface area contributed by atoms with Crippen molar-refractivity contribution in [3.05, 3.63) is 35.4 Å². The maximum absolute atomic E-state index is 12.6. The number of nitrogens with zero attached hydrogens (tertiary/aromatic N) is 1. The number of nitrogens with one attached hydrogen (secondary N) is 2. The van der Waals surface area contributed by atoms with E-state index in [9.17, 15) is 9.59 Å². The second-order valence-corrected chi connectivity index (χ2v) is 8.52.